The highest BCUT2D eigenvalue weighted by Gasteiger charge is 2.30. The summed E-state index contributed by atoms with van der Waals surface area (Å²) in [6, 6.07) is 14.4. The molecule has 0 atom stereocenters. The van der Waals surface area contributed by atoms with Gasteiger partial charge in [0, 0.05) is 16.5 Å². The molecule has 0 saturated carbocycles. The molecule has 27 heavy (non-hydrogen) atoms. The molecule has 0 bridgehead atoms. The third-order valence-electron chi connectivity index (χ3n) is 4.42. The Morgan fingerprint density at radius 1 is 1.07 bits per heavy atom. The maximum absolute atomic E-state index is 12.6. The van der Waals surface area contributed by atoms with Crippen LogP contribution in [0.1, 0.15) is 36.7 Å². The van der Waals surface area contributed by atoms with E-state index in [0.717, 1.165) is 10.4 Å². The molecule has 134 valence electrons. The molecule has 4 rings (SSSR count). The lowest BCUT2D eigenvalue weighted by Crippen LogP contribution is -2.11. The number of carbonyl (C=O) groups excluding carboxylic acids is 2. The summed E-state index contributed by atoms with van der Waals surface area (Å²) >= 11 is 1.53. The molecule has 0 spiro atoms. The predicted octanol–water partition coefficient (Wildman–Crippen LogP) is 5.20. The van der Waals surface area contributed by atoms with Gasteiger partial charge in [-0.3, -0.25) is 4.79 Å². The molecule has 0 radical (unpaired) electrons. The number of fused-ring (bicyclic) bond motifs is 1. The van der Waals surface area contributed by atoms with Crippen LogP contribution in [0.2, 0.25) is 0 Å². The van der Waals surface area contributed by atoms with Crippen molar-refractivity contribution in [2.45, 2.75) is 13.8 Å². The maximum atomic E-state index is 12.6. The van der Waals surface area contributed by atoms with Crippen molar-refractivity contribution >= 4 is 29.2 Å². The fourth-order valence-corrected chi connectivity index (χ4v) is 3.58. The van der Waals surface area contributed by atoms with Crippen molar-refractivity contribution in [3.05, 3.63) is 86.8 Å². The molecule has 0 aliphatic carbocycles. The summed E-state index contributed by atoms with van der Waals surface area (Å²) in [5.41, 5.74) is 2.45. The number of thiophene rings is 1. The molecular formula is C22H16O4S. The zero-order chi connectivity index (χ0) is 19.0. The molecule has 0 unspecified atom stereocenters. The van der Waals surface area contributed by atoms with Crippen LogP contribution in [0.4, 0.5) is 0 Å². The first-order valence-electron chi connectivity index (χ1n) is 8.44. The highest BCUT2D eigenvalue weighted by atomic mass is 32.1. The van der Waals surface area contributed by atoms with Crippen molar-refractivity contribution < 1.29 is 19.1 Å². The Kier molecular flexibility index (Phi) is 4.38. The Bertz CT molecular complexity index is 1080. The van der Waals surface area contributed by atoms with E-state index in [4.69, 9.17) is 9.47 Å². The van der Waals surface area contributed by atoms with Gasteiger partial charge in [-0.25, -0.2) is 4.79 Å². The Labute approximate surface area is 160 Å². The number of rotatable bonds is 3. The zero-order valence-corrected chi connectivity index (χ0v) is 15.6. The van der Waals surface area contributed by atoms with Crippen LogP contribution in [-0.2, 0) is 0 Å². The number of aryl methyl sites for hydroxylation is 1. The smallest absolute Gasteiger partial charge is 0.343 e. The molecule has 2 heterocycles. The Morgan fingerprint density at radius 3 is 2.63 bits per heavy atom. The highest BCUT2D eigenvalue weighted by molar-refractivity contribution is 7.10. The van der Waals surface area contributed by atoms with Crippen molar-refractivity contribution in [2.24, 2.45) is 0 Å². The third-order valence-corrected chi connectivity index (χ3v) is 5.24. The van der Waals surface area contributed by atoms with E-state index >= 15 is 0 Å². The minimum Gasteiger partial charge on any atom is -0.452 e. The maximum Gasteiger partial charge on any atom is 0.343 e. The number of allylic oxidation sites excluding steroid dienone is 1. The van der Waals surface area contributed by atoms with Crippen LogP contribution in [0.25, 0.3) is 6.08 Å². The van der Waals surface area contributed by atoms with Crippen LogP contribution in [0.15, 0.2) is 59.7 Å². The lowest BCUT2D eigenvalue weighted by molar-refractivity contribution is 0.0732. The summed E-state index contributed by atoms with van der Waals surface area (Å²) in [7, 11) is 0. The summed E-state index contributed by atoms with van der Waals surface area (Å²) in [6.45, 7) is 3.64. The number of hydrogen-bond donors (Lipinski definition) is 0. The largest absolute Gasteiger partial charge is 0.452 e. The second-order valence-corrected chi connectivity index (χ2v) is 7.20. The van der Waals surface area contributed by atoms with E-state index in [1.54, 1.807) is 37.3 Å². The molecule has 3 aromatic rings. The molecule has 2 aromatic carbocycles. The van der Waals surface area contributed by atoms with Gasteiger partial charge in [-0.1, -0.05) is 24.3 Å². The second kappa shape index (κ2) is 6.85. The van der Waals surface area contributed by atoms with E-state index in [-0.39, 0.29) is 11.5 Å². The van der Waals surface area contributed by atoms with Gasteiger partial charge >= 0.3 is 5.97 Å². The molecule has 1 aliphatic rings. The quantitative estimate of drug-likeness (QED) is 0.358. The fraction of sp³-hybridized carbons (Fsp3) is 0.0909. The standard InChI is InChI=1S/C22H16O4S/c1-13-6-3-4-8-16(13)22(24)26-18-10-9-17-20(23)19(25-21(17)14(18)2)12-15-7-5-11-27-15/h3-12H,1-2H3/b19-12-. The van der Waals surface area contributed by atoms with E-state index in [0.29, 0.717) is 28.2 Å². The average molecular weight is 376 g/mol. The van der Waals surface area contributed by atoms with Crippen LogP contribution in [0.5, 0.6) is 11.5 Å². The average Bonchev–Trinajstić information content (AvgIpc) is 3.27. The number of Topliss-reactive ketones (excluding diaryl/α,β-unsaturated/α-hetero) is 1. The Morgan fingerprint density at radius 2 is 1.89 bits per heavy atom. The van der Waals surface area contributed by atoms with Gasteiger partial charge in [-0.05, 0) is 49.1 Å². The van der Waals surface area contributed by atoms with Gasteiger partial charge in [0.05, 0.1) is 11.1 Å². The highest BCUT2D eigenvalue weighted by Crippen LogP contribution is 2.39. The molecule has 0 N–H and O–H groups in total. The topological polar surface area (TPSA) is 52.6 Å². The lowest BCUT2D eigenvalue weighted by atomic mass is 10.1. The van der Waals surface area contributed by atoms with Crippen LogP contribution in [-0.4, -0.2) is 11.8 Å². The Balaban J connectivity index is 1.64. The van der Waals surface area contributed by atoms with Gasteiger partial charge in [0.2, 0.25) is 5.78 Å². The van der Waals surface area contributed by atoms with Crippen molar-refractivity contribution in [2.75, 3.05) is 0 Å². The van der Waals surface area contributed by atoms with Crippen molar-refractivity contribution in [1.29, 1.82) is 0 Å². The first-order valence-corrected chi connectivity index (χ1v) is 9.31. The van der Waals surface area contributed by atoms with Crippen LogP contribution < -0.4 is 9.47 Å². The minimum absolute atomic E-state index is 0.168. The Hall–Kier alpha value is -3.18. The summed E-state index contributed by atoms with van der Waals surface area (Å²) in [5, 5.41) is 1.94. The number of esters is 1. The van der Waals surface area contributed by atoms with Gasteiger partial charge in [-0.15, -0.1) is 11.3 Å². The van der Waals surface area contributed by atoms with E-state index < -0.39 is 5.97 Å². The fourth-order valence-electron chi connectivity index (χ4n) is 2.94. The summed E-state index contributed by atoms with van der Waals surface area (Å²) in [6.07, 6.45) is 1.73. The number of ether oxygens (including phenoxy) is 2. The van der Waals surface area contributed by atoms with Crippen molar-refractivity contribution in [3.63, 3.8) is 0 Å². The summed E-state index contributed by atoms with van der Waals surface area (Å²) < 4.78 is 11.4. The summed E-state index contributed by atoms with van der Waals surface area (Å²) in [5.74, 6) is 0.496. The SMILES string of the molecule is Cc1ccccc1C(=O)Oc1ccc2c(c1C)O/C(=C\c1cccs1)C2=O. The van der Waals surface area contributed by atoms with E-state index in [9.17, 15) is 9.59 Å². The second-order valence-electron chi connectivity index (χ2n) is 6.23. The number of carbonyl (C=O) groups is 2. The molecule has 0 amide bonds. The number of hydrogen-bond acceptors (Lipinski definition) is 5. The molecule has 1 aliphatic heterocycles. The van der Waals surface area contributed by atoms with E-state index in [2.05, 4.69) is 0 Å². The number of benzene rings is 2. The van der Waals surface area contributed by atoms with E-state index in [1.807, 2.05) is 36.6 Å². The van der Waals surface area contributed by atoms with Gasteiger partial charge in [-0.2, -0.15) is 0 Å². The van der Waals surface area contributed by atoms with Gasteiger partial charge in [0.15, 0.2) is 5.76 Å². The molecule has 1 aromatic heterocycles. The normalized spacial score (nSPS) is 14.1. The van der Waals surface area contributed by atoms with Crippen LogP contribution in [0.3, 0.4) is 0 Å². The molecule has 4 nitrogen and oxygen atoms in total. The lowest BCUT2D eigenvalue weighted by Gasteiger charge is -2.11. The molecular weight excluding hydrogens is 360 g/mol. The van der Waals surface area contributed by atoms with Crippen LogP contribution in [0, 0.1) is 13.8 Å². The first-order chi connectivity index (χ1) is 13.0. The molecule has 0 saturated heterocycles. The predicted molar refractivity (Wildman–Crippen MR) is 105 cm³/mol. The minimum atomic E-state index is -0.435. The van der Waals surface area contributed by atoms with Crippen molar-refractivity contribution in [3.8, 4) is 11.5 Å². The van der Waals surface area contributed by atoms with Crippen LogP contribution >= 0.6 is 11.3 Å². The van der Waals surface area contributed by atoms with Gasteiger partial charge in [0.25, 0.3) is 0 Å². The van der Waals surface area contributed by atoms with E-state index in [1.165, 1.54) is 11.3 Å². The number of ketones is 1. The first kappa shape index (κ1) is 17.2. The monoisotopic (exact) mass is 376 g/mol. The molecule has 5 heteroatoms. The molecule has 0 fully saturated rings. The van der Waals surface area contributed by atoms with Gasteiger partial charge in [0.1, 0.15) is 11.5 Å². The third kappa shape index (κ3) is 3.17. The van der Waals surface area contributed by atoms with Crippen molar-refractivity contribution in [1.82, 2.24) is 0 Å². The summed E-state index contributed by atoms with van der Waals surface area (Å²) in [4.78, 5) is 26.0. The zero-order valence-electron chi connectivity index (χ0n) is 14.8. The van der Waals surface area contributed by atoms with Gasteiger partial charge < -0.3 is 9.47 Å².